The number of benzene rings is 1. The normalized spacial score (nSPS) is 17.5. The van der Waals surface area contributed by atoms with Gasteiger partial charge in [0, 0.05) is 30.5 Å². The number of rotatable bonds is 5. The second-order valence-corrected chi connectivity index (χ2v) is 7.04. The average Bonchev–Trinajstić information content (AvgIpc) is 3.17. The van der Waals surface area contributed by atoms with Gasteiger partial charge in [0.2, 0.25) is 11.0 Å². The molecule has 2 heterocycles. The summed E-state index contributed by atoms with van der Waals surface area (Å²) in [6.45, 7) is 4.74. The van der Waals surface area contributed by atoms with Gasteiger partial charge >= 0.3 is 0 Å². The first kappa shape index (κ1) is 16.8. The first-order valence-corrected chi connectivity index (χ1v) is 8.94. The van der Waals surface area contributed by atoms with Crippen LogP contribution in [0.3, 0.4) is 0 Å². The molecule has 128 valence electrons. The zero-order valence-electron chi connectivity index (χ0n) is 13.8. The average molecular weight is 348 g/mol. The highest BCUT2D eigenvalue weighted by Crippen LogP contribution is 2.27. The van der Waals surface area contributed by atoms with Crippen molar-refractivity contribution in [3.8, 4) is 0 Å². The van der Waals surface area contributed by atoms with Crippen molar-refractivity contribution in [1.29, 1.82) is 0 Å². The fraction of sp³-hybridized carbons (Fsp3) is 0.471. The molecule has 24 heavy (non-hydrogen) atoms. The molecule has 2 aromatic rings. The minimum Gasteiger partial charge on any atom is -0.352 e. The largest absolute Gasteiger partial charge is 0.352 e. The minimum absolute atomic E-state index is 0.0535. The third-order valence-corrected chi connectivity index (χ3v) is 4.76. The molecule has 0 aliphatic carbocycles. The summed E-state index contributed by atoms with van der Waals surface area (Å²) in [5.41, 5.74) is 0.969. The molecule has 0 radical (unpaired) electrons. The second kappa shape index (κ2) is 7.25. The maximum absolute atomic E-state index is 13.0. The zero-order valence-corrected chi connectivity index (χ0v) is 14.6. The first-order valence-electron chi connectivity index (χ1n) is 8.17. The Labute approximate surface area is 145 Å². The van der Waals surface area contributed by atoms with Gasteiger partial charge in [0.25, 0.3) is 0 Å². The van der Waals surface area contributed by atoms with Crippen molar-refractivity contribution in [3.63, 3.8) is 0 Å². The van der Waals surface area contributed by atoms with Gasteiger partial charge in [-0.25, -0.2) is 9.37 Å². The summed E-state index contributed by atoms with van der Waals surface area (Å²) in [6, 6.07) is 6.32. The van der Waals surface area contributed by atoms with Crippen molar-refractivity contribution >= 4 is 22.6 Å². The van der Waals surface area contributed by atoms with Gasteiger partial charge in [0.1, 0.15) is 17.7 Å². The van der Waals surface area contributed by atoms with Crippen LogP contribution in [0, 0.1) is 5.82 Å². The van der Waals surface area contributed by atoms with Crippen LogP contribution in [0.15, 0.2) is 24.3 Å². The quantitative estimate of drug-likeness (QED) is 0.903. The molecule has 1 N–H and O–H groups in total. The predicted molar refractivity (Wildman–Crippen MR) is 92.8 cm³/mol. The van der Waals surface area contributed by atoms with E-state index >= 15 is 0 Å². The lowest BCUT2D eigenvalue weighted by Gasteiger charge is -2.23. The number of hydrogen-bond donors (Lipinski definition) is 1. The maximum Gasteiger partial charge on any atom is 0.242 e. The third kappa shape index (κ3) is 3.90. The van der Waals surface area contributed by atoms with Gasteiger partial charge in [0.05, 0.1) is 0 Å². The molecule has 1 aromatic carbocycles. The Morgan fingerprint density at radius 3 is 2.88 bits per heavy atom. The van der Waals surface area contributed by atoms with Crippen molar-refractivity contribution < 1.29 is 9.18 Å². The highest BCUT2D eigenvalue weighted by molar-refractivity contribution is 7.09. The number of nitrogens with one attached hydrogen (secondary N) is 1. The van der Waals surface area contributed by atoms with Crippen LogP contribution < -0.4 is 10.2 Å². The lowest BCUT2D eigenvalue weighted by Crippen LogP contribution is -2.45. The van der Waals surface area contributed by atoms with Gasteiger partial charge in [-0.1, -0.05) is 12.1 Å². The van der Waals surface area contributed by atoms with Gasteiger partial charge in [-0.3, -0.25) is 4.79 Å². The molecule has 3 rings (SSSR count). The van der Waals surface area contributed by atoms with E-state index in [4.69, 9.17) is 0 Å². The number of amides is 1. The van der Waals surface area contributed by atoms with E-state index in [0.29, 0.717) is 12.2 Å². The minimum atomic E-state index is -0.248. The second-order valence-electron chi connectivity index (χ2n) is 6.31. The Morgan fingerprint density at radius 1 is 1.42 bits per heavy atom. The van der Waals surface area contributed by atoms with Crippen LogP contribution in [-0.2, 0) is 11.2 Å². The van der Waals surface area contributed by atoms with E-state index in [9.17, 15) is 9.18 Å². The van der Waals surface area contributed by atoms with Crippen LogP contribution in [0.4, 0.5) is 9.52 Å². The Bertz CT molecular complexity index is 701. The van der Waals surface area contributed by atoms with Crippen molar-refractivity contribution in [2.75, 3.05) is 11.4 Å². The summed E-state index contributed by atoms with van der Waals surface area (Å²) < 4.78 is 17.4. The monoisotopic (exact) mass is 348 g/mol. The smallest absolute Gasteiger partial charge is 0.242 e. The van der Waals surface area contributed by atoms with E-state index in [1.165, 1.54) is 23.7 Å². The molecule has 1 aliphatic rings. The van der Waals surface area contributed by atoms with Crippen molar-refractivity contribution in [1.82, 2.24) is 14.7 Å². The van der Waals surface area contributed by atoms with Crippen LogP contribution in [0.2, 0.25) is 0 Å². The highest BCUT2D eigenvalue weighted by atomic mass is 32.1. The van der Waals surface area contributed by atoms with E-state index in [0.717, 1.165) is 30.1 Å². The van der Waals surface area contributed by atoms with Crippen molar-refractivity contribution in [2.24, 2.45) is 0 Å². The Balaban J connectivity index is 1.70. The summed E-state index contributed by atoms with van der Waals surface area (Å²) in [7, 11) is 0. The number of hydrogen-bond acceptors (Lipinski definition) is 5. The Kier molecular flexibility index (Phi) is 5.08. The number of nitrogens with zero attached hydrogens (tertiary/aromatic N) is 3. The molecule has 1 saturated heterocycles. The Hall–Kier alpha value is -2.02. The maximum atomic E-state index is 13.0. The molecule has 0 spiro atoms. The molecule has 5 nitrogen and oxygen atoms in total. The zero-order chi connectivity index (χ0) is 17.1. The van der Waals surface area contributed by atoms with Crippen LogP contribution >= 0.6 is 11.5 Å². The summed E-state index contributed by atoms with van der Waals surface area (Å²) in [6.07, 6.45) is 2.38. The van der Waals surface area contributed by atoms with Gasteiger partial charge < -0.3 is 10.2 Å². The molecule has 0 unspecified atom stereocenters. The third-order valence-electron chi connectivity index (χ3n) is 3.96. The fourth-order valence-electron chi connectivity index (χ4n) is 2.87. The molecule has 1 fully saturated rings. The van der Waals surface area contributed by atoms with Crippen molar-refractivity contribution in [2.45, 2.75) is 45.2 Å². The van der Waals surface area contributed by atoms with E-state index in [1.54, 1.807) is 12.1 Å². The molecule has 1 aromatic heterocycles. The van der Waals surface area contributed by atoms with Crippen LogP contribution in [0.5, 0.6) is 0 Å². The molecular weight excluding hydrogens is 327 g/mol. The SMILES string of the molecule is CC(C)NC(=O)[C@H]1CCCN1c1nc(Cc2ccc(F)cc2)ns1. The van der Waals surface area contributed by atoms with E-state index in [2.05, 4.69) is 14.7 Å². The van der Waals surface area contributed by atoms with E-state index < -0.39 is 0 Å². The predicted octanol–water partition coefficient (Wildman–Crippen LogP) is 2.76. The molecule has 0 saturated carbocycles. The number of halogens is 1. The fourth-order valence-corrected chi connectivity index (χ4v) is 3.63. The number of aromatic nitrogens is 2. The summed E-state index contributed by atoms with van der Waals surface area (Å²) in [5, 5.41) is 3.76. The van der Waals surface area contributed by atoms with E-state index in [-0.39, 0.29) is 23.8 Å². The Morgan fingerprint density at radius 2 is 2.17 bits per heavy atom. The lowest BCUT2D eigenvalue weighted by atomic mass is 10.1. The summed E-state index contributed by atoms with van der Waals surface area (Å²) in [4.78, 5) is 19.0. The number of carbonyl (C=O) groups is 1. The summed E-state index contributed by atoms with van der Waals surface area (Å²) in [5.74, 6) is 0.510. The topological polar surface area (TPSA) is 58.1 Å². The lowest BCUT2D eigenvalue weighted by molar-refractivity contribution is -0.122. The molecule has 1 aliphatic heterocycles. The van der Waals surface area contributed by atoms with E-state index in [1.807, 2.05) is 18.7 Å². The molecule has 7 heteroatoms. The number of carbonyl (C=O) groups excluding carboxylic acids is 1. The summed E-state index contributed by atoms with van der Waals surface area (Å²) >= 11 is 1.32. The van der Waals surface area contributed by atoms with Crippen LogP contribution in [0.25, 0.3) is 0 Å². The van der Waals surface area contributed by atoms with Crippen molar-refractivity contribution in [3.05, 3.63) is 41.5 Å². The van der Waals surface area contributed by atoms with Gasteiger partial charge in [0.15, 0.2) is 0 Å². The van der Waals surface area contributed by atoms with Crippen LogP contribution in [0.1, 0.15) is 38.1 Å². The molecule has 0 bridgehead atoms. The molecule has 1 atom stereocenters. The highest BCUT2D eigenvalue weighted by Gasteiger charge is 2.33. The molecule has 1 amide bonds. The van der Waals surface area contributed by atoms with Gasteiger partial charge in [-0.05, 0) is 44.4 Å². The van der Waals surface area contributed by atoms with Gasteiger partial charge in [-0.2, -0.15) is 4.37 Å². The first-order chi connectivity index (χ1) is 11.5. The van der Waals surface area contributed by atoms with Crippen LogP contribution in [-0.4, -0.2) is 33.9 Å². The van der Waals surface area contributed by atoms with Gasteiger partial charge in [-0.15, -0.1) is 0 Å². The standard InChI is InChI=1S/C17H21FN4OS/c1-11(2)19-16(23)14-4-3-9-22(14)17-20-15(21-24-17)10-12-5-7-13(18)8-6-12/h5-8,11,14H,3-4,9-10H2,1-2H3,(H,19,23)/t14-/m1/s1. The number of anilines is 1. The molecular formula is C17H21FN4OS.